The Kier molecular flexibility index (Phi) is 3.78. The molecular weight excluding hydrogens is 252 g/mol. The lowest BCUT2D eigenvalue weighted by Crippen LogP contribution is -2.44. The molecule has 0 aromatic carbocycles. The van der Waals surface area contributed by atoms with Gasteiger partial charge in [-0.1, -0.05) is 6.42 Å². The summed E-state index contributed by atoms with van der Waals surface area (Å²) in [5, 5.41) is 0. The van der Waals surface area contributed by atoms with Crippen LogP contribution in [0.4, 0.5) is 5.82 Å². The SMILES string of the molecule is CCN(c1nccn(C2CC2)c1=O)C1CCCC1CN. The molecule has 2 aliphatic rings. The van der Waals surface area contributed by atoms with Gasteiger partial charge in [-0.2, -0.15) is 0 Å². The van der Waals surface area contributed by atoms with Gasteiger partial charge >= 0.3 is 0 Å². The van der Waals surface area contributed by atoms with Crippen LogP contribution in [0.1, 0.15) is 45.1 Å². The van der Waals surface area contributed by atoms with Gasteiger partial charge in [0.05, 0.1) is 0 Å². The Morgan fingerprint density at radius 3 is 2.85 bits per heavy atom. The summed E-state index contributed by atoms with van der Waals surface area (Å²) in [7, 11) is 0. The van der Waals surface area contributed by atoms with E-state index >= 15 is 0 Å². The number of nitrogens with two attached hydrogens (primary N) is 1. The molecule has 1 aromatic heterocycles. The lowest BCUT2D eigenvalue weighted by atomic mass is 10.0. The van der Waals surface area contributed by atoms with Crippen molar-refractivity contribution in [3.8, 4) is 0 Å². The molecule has 2 N–H and O–H groups in total. The molecule has 0 radical (unpaired) electrons. The largest absolute Gasteiger partial charge is 0.349 e. The van der Waals surface area contributed by atoms with E-state index in [-0.39, 0.29) is 5.56 Å². The Morgan fingerprint density at radius 1 is 1.40 bits per heavy atom. The van der Waals surface area contributed by atoms with E-state index in [1.165, 1.54) is 12.8 Å². The monoisotopic (exact) mass is 276 g/mol. The first-order valence-electron chi connectivity index (χ1n) is 7.80. The minimum Gasteiger partial charge on any atom is -0.349 e. The van der Waals surface area contributed by atoms with E-state index in [4.69, 9.17) is 5.73 Å². The van der Waals surface area contributed by atoms with Crippen LogP contribution in [0.2, 0.25) is 0 Å². The van der Waals surface area contributed by atoms with Crippen molar-refractivity contribution in [2.75, 3.05) is 18.0 Å². The van der Waals surface area contributed by atoms with E-state index < -0.39 is 0 Å². The third-order valence-electron chi connectivity index (χ3n) is 4.72. The van der Waals surface area contributed by atoms with Crippen molar-refractivity contribution in [2.24, 2.45) is 11.7 Å². The summed E-state index contributed by atoms with van der Waals surface area (Å²) >= 11 is 0. The molecule has 5 heteroatoms. The maximum absolute atomic E-state index is 12.6. The third-order valence-corrected chi connectivity index (χ3v) is 4.72. The Balaban J connectivity index is 1.93. The van der Waals surface area contributed by atoms with Gasteiger partial charge in [0, 0.05) is 31.0 Å². The second-order valence-electron chi connectivity index (χ2n) is 5.97. The third kappa shape index (κ3) is 2.35. The minimum atomic E-state index is 0.0690. The van der Waals surface area contributed by atoms with Gasteiger partial charge in [0.15, 0.2) is 5.82 Å². The molecular formula is C15H24N4O. The van der Waals surface area contributed by atoms with Crippen LogP contribution in [0.25, 0.3) is 0 Å². The quantitative estimate of drug-likeness (QED) is 0.886. The van der Waals surface area contributed by atoms with Gasteiger partial charge in [0.2, 0.25) is 0 Å². The molecule has 1 aromatic rings. The maximum atomic E-state index is 12.6. The molecule has 2 unspecified atom stereocenters. The molecule has 5 nitrogen and oxygen atoms in total. The van der Waals surface area contributed by atoms with Crippen LogP contribution in [0.3, 0.4) is 0 Å². The maximum Gasteiger partial charge on any atom is 0.293 e. The zero-order chi connectivity index (χ0) is 14.1. The predicted octanol–water partition coefficient (Wildman–Crippen LogP) is 1.53. The summed E-state index contributed by atoms with van der Waals surface area (Å²) in [5.74, 6) is 1.11. The molecule has 0 bridgehead atoms. The van der Waals surface area contributed by atoms with Crippen molar-refractivity contribution >= 4 is 5.82 Å². The van der Waals surface area contributed by atoms with E-state index in [0.717, 1.165) is 25.8 Å². The number of hydrogen-bond acceptors (Lipinski definition) is 4. The van der Waals surface area contributed by atoms with E-state index in [1.807, 2.05) is 10.8 Å². The van der Waals surface area contributed by atoms with Gasteiger partial charge in [0.25, 0.3) is 5.56 Å². The zero-order valence-electron chi connectivity index (χ0n) is 12.2. The highest BCUT2D eigenvalue weighted by atomic mass is 16.1. The smallest absolute Gasteiger partial charge is 0.293 e. The first kappa shape index (κ1) is 13.6. The van der Waals surface area contributed by atoms with Crippen LogP contribution in [0, 0.1) is 5.92 Å². The van der Waals surface area contributed by atoms with E-state index in [1.54, 1.807) is 6.20 Å². The Labute approximate surface area is 119 Å². The van der Waals surface area contributed by atoms with Gasteiger partial charge < -0.3 is 15.2 Å². The fraction of sp³-hybridized carbons (Fsp3) is 0.733. The van der Waals surface area contributed by atoms with Crippen molar-refractivity contribution in [1.29, 1.82) is 0 Å². The molecule has 1 heterocycles. The van der Waals surface area contributed by atoms with E-state index in [2.05, 4.69) is 16.8 Å². The molecule has 3 rings (SSSR count). The fourth-order valence-corrected chi connectivity index (χ4v) is 3.50. The van der Waals surface area contributed by atoms with Gasteiger partial charge in [-0.25, -0.2) is 4.98 Å². The summed E-state index contributed by atoms with van der Waals surface area (Å²) in [5.41, 5.74) is 5.96. The zero-order valence-corrected chi connectivity index (χ0v) is 12.2. The second-order valence-corrected chi connectivity index (χ2v) is 5.97. The van der Waals surface area contributed by atoms with Crippen LogP contribution < -0.4 is 16.2 Å². The van der Waals surface area contributed by atoms with Crippen LogP contribution in [0.15, 0.2) is 17.2 Å². The van der Waals surface area contributed by atoms with Crippen LogP contribution in [-0.2, 0) is 0 Å². The summed E-state index contributed by atoms with van der Waals surface area (Å²) in [6.45, 7) is 3.62. The Bertz CT molecular complexity index is 523. The summed E-state index contributed by atoms with van der Waals surface area (Å²) in [4.78, 5) is 19.2. The number of aromatic nitrogens is 2. The first-order chi connectivity index (χ1) is 9.76. The lowest BCUT2D eigenvalue weighted by Gasteiger charge is -2.32. The molecule has 0 aliphatic heterocycles. The molecule has 110 valence electrons. The van der Waals surface area contributed by atoms with Crippen molar-refractivity contribution in [2.45, 2.75) is 51.1 Å². The Hall–Kier alpha value is -1.36. The van der Waals surface area contributed by atoms with Gasteiger partial charge in [0.1, 0.15) is 0 Å². The second kappa shape index (κ2) is 5.56. The van der Waals surface area contributed by atoms with Crippen molar-refractivity contribution in [3.63, 3.8) is 0 Å². The van der Waals surface area contributed by atoms with Crippen LogP contribution in [0.5, 0.6) is 0 Å². The molecule has 2 atom stereocenters. The normalized spacial score (nSPS) is 25.9. The van der Waals surface area contributed by atoms with Crippen molar-refractivity contribution in [1.82, 2.24) is 9.55 Å². The summed E-state index contributed by atoms with van der Waals surface area (Å²) in [6.07, 6.45) is 9.31. The van der Waals surface area contributed by atoms with Crippen LogP contribution in [-0.4, -0.2) is 28.7 Å². The predicted molar refractivity (Wildman–Crippen MR) is 80.0 cm³/mol. The minimum absolute atomic E-state index is 0.0690. The molecule has 0 saturated heterocycles. The van der Waals surface area contributed by atoms with Gasteiger partial charge in [-0.05, 0) is 45.1 Å². The molecule has 2 aliphatic carbocycles. The average molecular weight is 276 g/mol. The number of hydrogen-bond donors (Lipinski definition) is 1. The number of rotatable bonds is 5. The highest BCUT2D eigenvalue weighted by molar-refractivity contribution is 5.38. The molecule has 2 saturated carbocycles. The van der Waals surface area contributed by atoms with Gasteiger partial charge in [-0.15, -0.1) is 0 Å². The first-order valence-corrected chi connectivity index (χ1v) is 7.80. The summed E-state index contributed by atoms with van der Waals surface area (Å²) < 4.78 is 1.86. The highest BCUT2D eigenvalue weighted by Crippen LogP contribution is 2.34. The number of anilines is 1. The lowest BCUT2D eigenvalue weighted by molar-refractivity contribution is 0.457. The fourth-order valence-electron chi connectivity index (χ4n) is 3.50. The topological polar surface area (TPSA) is 64.2 Å². The van der Waals surface area contributed by atoms with E-state index in [9.17, 15) is 4.79 Å². The number of nitrogens with zero attached hydrogens (tertiary/aromatic N) is 3. The molecule has 0 spiro atoms. The molecule has 0 amide bonds. The average Bonchev–Trinajstić information content (AvgIpc) is 3.20. The van der Waals surface area contributed by atoms with Gasteiger partial charge in [-0.3, -0.25) is 4.79 Å². The standard InChI is InChI=1S/C15H24N4O/c1-2-18(13-5-3-4-11(13)10-16)14-15(20)19(9-8-17-14)12-6-7-12/h8-9,11-13H,2-7,10,16H2,1H3. The summed E-state index contributed by atoms with van der Waals surface area (Å²) in [6, 6.07) is 0.775. The molecule has 2 fully saturated rings. The van der Waals surface area contributed by atoms with Crippen LogP contribution >= 0.6 is 0 Å². The Morgan fingerprint density at radius 2 is 2.20 bits per heavy atom. The van der Waals surface area contributed by atoms with E-state index in [0.29, 0.717) is 30.4 Å². The van der Waals surface area contributed by atoms with Crippen molar-refractivity contribution in [3.05, 3.63) is 22.7 Å². The highest BCUT2D eigenvalue weighted by Gasteiger charge is 2.33. The van der Waals surface area contributed by atoms with Crippen molar-refractivity contribution < 1.29 is 0 Å². The molecule has 20 heavy (non-hydrogen) atoms.